The standard InChI is InChI=1S/C19H19F3N6O2/c1-11(2)28-10-13(9-25-28)12-4-5-14(16(8-12)30-19(20,21)22)26-15-6-7-24-27-17(15)18(29)23-3/h4-11H,1-3H3,(H,23,29)(H,24,26)/i3D3. The number of alkyl halides is 3. The summed E-state index contributed by atoms with van der Waals surface area (Å²) < 4.78 is 66.5. The lowest BCUT2D eigenvalue weighted by molar-refractivity contribution is -0.274. The fourth-order valence-corrected chi connectivity index (χ4v) is 2.59. The highest BCUT2D eigenvalue weighted by atomic mass is 19.4. The van der Waals surface area contributed by atoms with Gasteiger partial charge in [-0.25, -0.2) is 0 Å². The van der Waals surface area contributed by atoms with Gasteiger partial charge in [0.05, 0.1) is 23.8 Å². The second-order valence-electron chi connectivity index (χ2n) is 6.43. The van der Waals surface area contributed by atoms with Crippen LogP contribution in [0.2, 0.25) is 0 Å². The fourth-order valence-electron chi connectivity index (χ4n) is 2.59. The molecular weight excluding hydrogens is 401 g/mol. The van der Waals surface area contributed by atoms with Crippen LogP contribution in [0.15, 0.2) is 42.9 Å². The predicted molar refractivity (Wildman–Crippen MR) is 103 cm³/mol. The molecule has 0 atom stereocenters. The van der Waals surface area contributed by atoms with E-state index in [0.717, 1.165) is 0 Å². The molecule has 1 amide bonds. The number of halogens is 3. The smallest absolute Gasteiger partial charge is 0.404 e. The maximum absolute atomic E-state index is 13.1. The number of aromatic nitrogens is 4. The highest BCUT2D eigenvalue weighted by Gasteiger charge is 2.32. The van der Waals surface area contributed by atoms with Crippen LogP contribution in [-0.4, -0.2) is 39.2 Å². The molecule has 11 heteroatoms. The number of nitrogens with one attached hydrogen (secondary N) is 2. The van der Waals surface area contributed by atoms with Crippen LogP contribution in [-0.2, 0) is 0 Å². The van der Waals surface area contributed by atoms with E-state index in [-0.39, 0.29) is 17.4 Å². The SMILES string of the molecule is [2H]C([2H])([2H])NC(=O)c1nnccc1Nc1ccc(-c2cnn(C(C)C)c2)cc1OC(F)(F)F. The van der Waals surface area contributed by atoms with Gasteiger partial charge >= 0.3 is 6.36 Å². The van der Waals surface area contributed by atoms with Gasteiger partial charge in [0.15, 0.2) is 11.4 Å². The Bertz CT molecular complexity index is 1150. The molecule has 0 spiro atoms. The van der Waals surface area contributed by atoms with Gasteiger partial charge in [0, 0.05) is 28.9 Å². The third-order valence-corrected chi connectivity index (χ3v) is 3.99. The number of hydrogen-bond acceptors (Lipinski definition) is 6. The van der Waals surface area contributed by atoms with Crippen molar-refractivity contribution in [2.45, 2.75) is 26.3 Å². The number of carbonyl (C=O) groups excluding carboxylic acids is 1. The van der Waals surface area contributed by atoms with Crippen LogP contribution in [0.1, 0.15) is 34.5 Å². The summed E-state index contributed by atoms with van der Waals surface area (Å²) in [5, 5.41) is 15.7. The lowest BCUT2D eigenvalue weighted by Crippen LogP contribution is -2.21. The van der Waals surface area contributed by atoms with Crippen LogP contribution in [0.25, 0.3) is 11.1 Å². The fraction of sp³-hybridized carbons (Fsp3) is 0.263. The minimum Gasteiger partial charge on any atom is -0.404 e. The molecule has 2 N–H and O–H groups in total. The van der Waals surface area contributed by atoms with Gasteiger partial charge in [0.1, 0.15) is 0 Å². The van der Waals surface area contributed by atoms with Crippen LogP contribution in [0.4, 0.5) is 24.5 Å². The molecule has 1 aromatic carbocycles. The zero-order valence-electron chi connectivity index (χ0n) is 18.9. The number of ether oxygens (including phenoxy) is 1. The molecule has 0 aliphatic rings. The van der Waals surface area contributed by atoms with Crippen LogP contribution >= 0.6 is 0 Å². The van der Waals surface area contributed by atoms with Crippen LogP contribution in [0.3, 0.4) is 0 Å². The number of anilines is 2. The largest absolute Gasteiger partial charge is 0.573 e. The third kappa shape index (κ3) is 4.85. The Morgan fingerprint density at radius 3 is 2.70 bits per heavy atom. The first-order valence-electron chi connectivity index (χ1n) is 10.2. The Balaban J connectivity index is 1.98. The summed E-state index contributed by atoms with van der Waals surface area (Å²) in [5.41, 5.74) is 0.363. The van der Waals surface area contributed by atoms with E-state index in [4.69, 9.17) is 4.11 Å². The first-order valence-corrected chi connectivity index (χ1v) is 8.68. The summed E-state index contributed by atoms with van der Waals surface area (Å²) in [6, 6.07) is 5.37. The van der Waals surface area contributed by atoms with Gasteiger partial charge in [0.25, 0.3) is 5.91 Å². The Morgan fingerprint density at radius 1 is 1.23 bits per heavy atom. The van der Waals surface area contributed by atoms with Crippen molar-refractivity contribution in [3.05, 3.63) is 48.5 Å². The summed E-state index contributed by atoms with van der Waals surface area (Å²) in [5.74, 6) is -1.65. The van der Waals surface area contributed by atoms with Crippen LogP contribution < -0.4 is 15.4 Å². The van der Waals surface area contributed by atoms with Crippen LogP contribution in [0.5, 0.6) is 5.75 Å². The van der Waals surface area contributed by atoms with Gasteiger partial charge in [0.2, 0.25) is 0 Å². The van der Waals surface area contributed by atoms with E-state index < -0.39 is 30.7 Å². The molecule has 0 saturated heterocycles. The van der Waals surface area contributed by atoms with Gasteiger partial charge in [-0.1, -0.05) is 6.07 Å². The molecule has 0 aliphatic carbocycles. The number of benzene rings is 1. The third-order valence-electron chi connectivity index (χ3n) is 3.99. The second-order valence-corrected chi connectivity index (χ2v) is 6.43. The Labute approximate surface area is 174 Å². The first-order chi connectivity index (χ1) is 15.3. The normalized spacial score (nSPS) is 13.3. The van der Waals surface area contributed by atoms with E-state index in [0.29, 0.717) is 11.1 Å². The van der Waals surface area contributed by atoms with Crippen molar-refractivity contribution in [3.63, 3.8) is 0 Å². The second kappa shape index (κ2) is 8.39. The van der Waals surface area contributed by atoms with Crippen molar-refractivity contribution in [2.24, 2.45) is 0 Å². The summed E-state index contributed by atoms with van der Waals surface area (Å²) in [6.45, 7) is 1.02. The first kappa shape index (κ1) is 17.2. The molecule has 8 nitrogen and oxygen atoms in total. The average molecular weight is 423 g/mol. The molecule has 3 aromatic rings. The Morgan fingerprint density at radius 2 is 2.03 bits per heavy atom. The topological polar surface area (TPSA) is 94.0 Å². The molecule has 158 valence electrons. The van der Waals surface area contributed by atoms with Crippen LogP contribution in [0, 0.1) is 0 Å². The van der Waals surface area contributed by atoms with Crippen molar-refractivity contribution in [1.29, 1.82) is 0 Å². The molecule has 0 unspecified atom stereocenters. The quantitative estimate of drug-likeness (QED) is 0.624. The molecule has 0 aliphatic heterocycles. The van der Waals surface area contributed by atoms with Crippen molar-refractivity contribution in [1.82, 2.24) is 25.3 Å². The van der Waals surface area contributed by atoms with Gasteiger partial charge in [-0.15, -0.1) is 18.3 Å². The predicted octanol–water partition coefficient (Wildman–Crippen LogP) is 3.92. The van der Waals surface area contributed by atoms with Crippen molar-refractivity contribution in [2.75, 3.05) is 12.3 Å². The van der Waals surface area contributed by atoms with E-state index in [2.05, 4.69) is 25.3 Å². The summed E-state index contributed by atoms with van der Waals surface area (Å²) >= 11 is 0. The lowest BCUT2D eigenvalue weighted by Gasteiger charge is -2.16. The van der Waals surface area contributed by atoms with Crippen molar-refractivity contribution < 1.29 is 26.8 Å². The molecule has 0 saturated carbocycles. The highest BCUT2D eigenvalue weighted by molar-refractivity contribution is 5.98. The van der Waals surface area contributed by atoms with Gasteiger partial charge in [-0.2, -0.15) is 10.2 Å². The molecule has 0 fully saturated rings. The number of hydrogen-bond donors (Lipinski definition) is 2. The van der Waals surface area contributed by atoms with E-state index in [1.165, 1.54) is 30.6 Å². The minimum atomic E-state index is -4.99. The zero-order chi connectivity index (χ0) is 24.4. The van der Waals surface area contributed by atoms with Gasteiger partial charge in [-0.05, 0) is 37.6 Å². The van der Waals surface area contributed by atoms with Gasteiger partial charge in [-0.3, -0.25) is 9.48 Å². The zero-order valence-corrected chi connectivity index (χ0v) is 15.9. The minimum absolute atomic E-state index is 0.0595. The summed E-state index contributed by atoms with van der Waals surface area (Å²) in [7, 11) is 0. The molecule has 2 aromatic heterocycles. The van der Waals surface area contributed by atoms with E-state index in [9.17, 15) is 18.0 Å². The average Bonchev–Trinajstić information content (AvgIpc) is 3.18. The highest BCUT2D eigenvalue weighted by Crippen LogP contribution is 2.36. The van der Waals surface area contributed by atoms with E-state index in [1.807, 2.05) is 13.8 Å². The number of nitrogens with zero attached hydrogens (tertiary/aromatic N) is 4. The summed E-state index contributed by atoms with van der Waals surface area (Å²) in [4.78, 5) is 12.2. The Kier molecular flexibility index (Phi) is 4.83. The number of rotatable bonds is 6. The number of carbonyl (C=O) groups is 1. The van der Waals surface area contributed by atoms with E-state index >= 15 is 0 Å². The van der Waals surface area contributed by atoms with E-state index in [1.54, 1.807) is 22.3 Å². The van der Waals surface area contributed by atoms with Crippen molar-refractivity contribution in [3.8, 4) is 16.9 Å². The molecule has 0 radical (unpaired) electrons. The maximum Gasteiger partial charge on any atom is 0.573 e. The van der Waals surface area contributed by atoms with Crippen molar-refractivity contribution >= 4 is 17.3 Å². The molecule has 0 bridgehead atoms. The Hall–Kier alpha value is -3.63. The maximum atomic E-state index is 13.1. The molecule has 3 rings (SSSR count). The van der Waals surface area contributed by atoms with Gasteiger partial charge < -0.3 is 15.4 Å². The monoisotopic (exact) mass is 423 g/mol. The summed E-state index contributed by atoms with van der Waals surface area (Å²) in [6.07, 6.45) is -0.596. The molecule has 30 heavy (non-hydrogen) atoms. The molecular formula is C19H19F3N6O2. The number of amides is 1. The molecule has 2 heterocycles. The lowest BCUT2D eigenvalue weighted by atomic mass is 10.1.